The number of ether oxygens (including phenoxy) is 1. The number of carbonyl (C=O) groups is 1. The first-order chi connectivity index (χ1) is 14.5. The highest BCUT2D eigenvalue weighted by Crippen LogP contribution is 2.17. The van der Waals surface area contributed by atoms with Crippen LogP contribution in [0.25, 0.3) is 0 Å². The van der Waals surface area contributed by atoms with Gasteiger partial charge in [-0.15, -0.1) is 5.10 Å². The van der Waals surface area contributed by atoms with Crippen LogP contribution in [0.5, 0.6) is 5.75 Å². The van der Waals surface area contributed by atoms with Gasteiger partial charge in [-0.2, -0.15) is 5.10 Å². The molecule has 2 aromatic carbocycles. The van der Waals surface area contributed by atoms with Crippen LogP contribution in [-0.4, -0.2) is 30.5 Å². The third kappa shape index (κ3) is 5.16. The number of benzene rings is 2. The summed E-state index contributed by atoms with van der Waals surface area (Å²) in [6.45, 7) is 0.650. The van der Waals surface area contributed by atoms with Gasteiger partial charge in [-0.1, -0.05) is 41.4 Å². The highest BCUT2D eigenvalue weighted by atomic mass is 35.5. The number of hydrogen-bond acceptors (Lipinski definition) is 5. The Balaban J connectivity index is 1.33. The molecule has 4 aromatic rings. The lowest BCUT2D eigenvalue weighted by atomic mass is 10.2. The molecule has 0 fully saturated rings. The van der Waals surface area contributed by atoms with E-state index in [4.69, 9.17) is 27.9 Å². The van der Waals surface area contributed by atoms with Crippen LogP contribution >= 0.6 is 23.2 Å². The van der Waals surface area contributed by atoms with Crippen molar-refractivity contribution in [3.63, 3.8) is 0 Å². The third-order valence-corrected chi connectivity index (χ3v) is 4.54. The lowest BCUT2D eigenvalue weighted by Gasteiger charge is -2.06. The van der Waals surface area contributed by atoms with Crippen molar-refractivity contribution in [2.75, 3.05) is 5.32 Å². The van der Waals surface area contributed by atoms with Crippen molar-refractivity contribution in [1.82, 2.24) is 24.5 Å². The zero-order valence-corrected chi connectivity index (χ0v) is 17.1. The van der Waals surface area contributed by atoms with E-state index in [0.717, 1.165) is 5.56 Å². The van der Waals surface area contributed by atoms with E-state index in [1.54, 1.807) is 47.5 Å². The first kappa shape index (κ1) is 19.9. The number of halogens is 2. The van der Waals surface area contributed by atoms with E-state index in [1.165, 1.54) is 4.68 Å². The number of carbonyl (C=O) groups excluding carboxylic acids is 1. The van der Waals surface area contributed by atoms with Crippen LogP contribution in [0.15, 0.2) is 67.1 Å². The summed E-state index contributed by atoms with van der Waals surface area (Å²) < 4.78 is 8.72. The molecular weight excluding hydrogens is 427 g/mol. The lowest BCUT2D eigenvalue weighted by Crippen LogP contribution is -2.15. The van der Waals surface area contributed by atoms with Crippen molar-refractivity contribution in [1.29, 1.82) is 0 Å². The van der Waals surface area contributed by atoms with Gasteiger partial charge in [0.2, 0.25) is 5.95 Å². The zero-order chi connectivity index (χ0) is 20.9. The van der Waals surface area contributed by atoms with Gasteiger partial charge >= 0.3 is 0 Å². The molecule has 0 saturated carbocycles. The predicted octanol–water partition coefficient (Wildman–Crippen LogP) is 4.12. The van der Waals surface area contributed by atoms with Crippen LogP contribution in [0.4, 0.5) is 5.95 Å². The van der Waals surface area contributed by atoms with Crippen LogP contribution in [0, 0.1) is 0 Å². The van der Waals surface area contributed by atoms with Crippen molar-refractivity contribution < 1.29 is 9.53 Å². The summed E-state index contributed by atoms with van der Waals surface area (Å²) >= 11 is 11.8. The molecule has 4 rings (SSSR count). The summed E-state index contributed by atoms with van der Waals surface area (Å²) in [5.41, 5.74) is 1.24. The summed E-state index contributed by atoms with van der Waals surface area (Å²) in [5, 5.41) is 12.3. The molecule has 1 N–H and O–H groups in total. The Hall–Kier alpha value is -3.36. The van der Waals surface area contributed by atoms with Crippen molar-refractivity contribution in [2.45, 2.75) is 13.3 Å². The highest BCUT2D eigenvalue weighted by molar-refractivity contribution is 6.30. The summed E-state index contributed by atoms with van der Waals surface area (Å²) in [6.07, 6.45) is 3.19. The minimum atomic E-state index is -0.416. The standard InChI is InChI=1S/C20H16Cl2N6O2/c21-15-6-4-14(5-7-15)11-28-12-23-20(26-28)24-19(29)18-8-9-27(25-18)13-30-17-3-1-2-16(22)10-17/h1-10,12H,11,13H2,(H,24,26,29). The maximum absolute atomic E-state index is 12.4. The molecule has 2 aromatic heterocycles. The van der Waals surface area contributed by atoms with Crippen LogP contribution < -0.4 is 10.1 Å². The molecular formula is C20H16Cl2N6O2. The molecule has 0 unspecified atom stereocenters. The van der Waals surface area contributed by atoms with Gasteiger partial charge in [0, 0.05) is 16.2 Å². The van der Waals surface area contributed by atoms with Gasteiger partial charge in [0.05, 0.1) is 6.54 Å². The molecule has 10 heteroatoms. The Kier molecular flexibility index (Phi) is 5.97. The van der Waals surface area contributed by atoms with Gasteiger partial charge in [-0.05, 0) is 42.0 Å². The molecule has 0 aliphatic heterocycles. The molecule has 0 spiro atoms. The molecule has 0 saturated heterocycles. The average Bonchev–Trinajstić information content (AvgIpc) is 3.38. The quantitative estimate of drug-likeness (QED) is 0.465. The van der Waals surface area contributed by atoms with E-state index < -0.39 is 5.91 Å². The number of anilines is 1. The fraction of sp³-hybridized carbons (Fsp3) is 0.100. The third-order valence-electron chi connectivity index (χ3n) is 4.05. The summed E-state index contributed by atoms with van der Waals surface area (Å²) in [6, 6.07) is 16.0. The number of amides is 1. The highest BCUT2D eigenvalue weighted by Gasteiger charge is 2.13. The number of aromatic nitrogens is 5. The fourth-order valence-electron chi connectivity index (χ4n) is 2.62. The van der Waals surface area contributed by atoms with Crippen LogP contribution in [-0.2, 0) is 13.3 Å². The van der Waals surface area contributed by atoms with Gasteiger partial charge in [-0.25, -0.2) is 14.3 Å². The van der Waals surface area contributed by atoms with E-state index in [1.807, 2.05) is 24.3 Å². The van der Waals surface area contributed by atoms with Gasteiger partial charge in [0.25, 0.3) is 5.91 Å². The Morgan fingerprint density at radius 3 is 2.63 bits per heavy atom. The van der Waals surface area contributed by atoms with Crippen LogP contribution in [0.2, 0.25) is 10.0 Å². The Morgan fingerprint density at radius 2 is 1.83 bits per heavy atom. The first-order valence-electron chi connectivity index (χ1n) is 8.92. The smallest absolute Gasteiger partial charge is 0.278 e. The van der Waals surface area contributed by atoms with Crippen molar-refractivity contribution in [2.24, 2.45) is 0 Å². The molecule has 30 heavy (non-hydrogen) atoms. The second-order valence-corrected chi connectivity index (χ2v) is 7.19. The largest absolute Gasteiger partial charge is 0.471 e. The van der Waals surface area contributed by atoms with Crippen LogP contribution in [0.3, 0.4) is 0 Å². The summed E-state index contributed by atoms with van der Waals surface area (Å²) in [5.74, 6) is 0.388. The monoisotopic (exact) mass is 442 g/mol. The van der Waals surface area contributed by atoms with Gasteiger partial charge in [0.1, 0.15) is 12.1 Å². The molecule has 0 aliphatic carbocycles. The van der Waals surface area contributed by atoms with Crippen LogP contribution in [0.1, 0.15) is 16.1 Å². The number of hydrogen-bond donors (Lipinski definition) is 1. The maximum Gasteiger partial charge on any atom is 0.278 e. The molecule has 152 valence electrons. The molecule has 0 radical (unpaired) electrons. The Labute approximate surface area is 182 Å². The summed E-state index contributed by atoms with van der Waals surface area (Å²) in [7, 11) is 0. The molecule has 2 heterocycles. The maximum atomic E-state index is 12.4. The van der Waals surface area contributed by atoms with Crippen molar-refractivity contribution >= 4 is 35.1 Å². The molecule has 8 nitrogen and oxygen atoms in total. The van der Waals surface area contributed by atoms with Crippen molar-refractivity contribution in [3.05, 3.63) is 88.4 Å². The van der Waals surface area contributed by atoms with E-state index in [9.17, 15) is 4.79 Å². The minimum Gasteiger partial charge on any atom is -0.471 e. The van der Waals surface area contributed by atoms with E-state index >= 15 is 0 Å². The number of nitrogens with zero attached hydrogens (tertiary/aromatic N) is 5. The average molecular weight is 443 g/mol. The number of rotatable bonds is 7. The lowest BCUT2D eigenvalue weighted by molar-refractivity contribution is 0.101. The summed E-state index contributed by atoms with van der Waals surface area (Å²) in [4.78, 5) is 16.5. The fourth-order valence-corrected chi connectivity index (χ4v) is 2.93. The second kappa shape index (κ2) is 8.98. The van der Waals surface area contributed by atoms with Gasteiger partial charge in [-0.3, -0.25) is 10.1 Å². The van der Waals surface area contributed by atoms with Gasteiger partial charge in [0.15, 0.2) is 12.4 Å². The second-order valence-electron chi connectivity index (χ2n) is 6.32. The minimum absolute atomic E-state index is 0.140. The SMILES string of the molecule is O=C(Nc1ncn(Cc2ccc(Cl)cc2)n1)c1ccn(COc2cccc(Cl)c2)n1. The van der Waals surface area contributed by atoms with E-state index in [0.29, 0.717) is 22.3 Å². The molecule has 1 amide bonds. The zero-order valence-electron chi connectivity index (χ0n) is 15.6. The normalized spacial score (nSPS) is 10.7. The van der Waals surface area contributed by atoms with Gasteiger partial charge < -0.3 is 4.74 Å². The van der Waals surface area contributed by atoms with E-state index in [-0.39, 0.29) is 18.4 Å². The van der Waals surface area contributed by atoms with E-state index in [2.05, 4.69) is 20.5 Å². The topological polar surface area (TPSA) is 86.9 Å². The molecule has 0 bridgehead atoms. The molecule has 0 aliphatic rings. The predicted molar refractivity (Wildman–Crippen MR) is 113 cm³/mol. The Morgan fingerprint density at radius 1 is 1.00 bits per heavy atom. The number of nitrogens with one attached hydrogen (secondary N) is 1. The molecule has 0 atom stereocenters. The van der Waals surface area contributed by atoms with Crippen molar-refractivity contribution in [3.8, 4) is 5.75 Å². The Bertz CT molecular complexity index is 1160. The first-order valence-corrected chi connectivity index (χ1v) is 9.68.